The SMILES string of the molecule is CC(C)[N+]1(C)CC2CNCC2C1. The summed E-state index contributed by atoms with van der Waals surface area (Å²) < 4.78 is 1.30. The lowest BCUT2D eigenvalue weighted by atomic mass is 10.0. The Labute approximate surface area is 75.5 Å². The number of rotatable bonds is 1. The van der Waals surface area contributed by atoms with E-state index in [4.69, 9.17) is 0 Å². The topological polar surface area (TPSA) is 12.0 Å². The highest BCUT2D eigenvalue weighted by Gasteiger charge is 2.46. The van der Waals surface area contributed by atoms with Crippen LogP contribution in [-0.2, 0) is 0 Å². The largest absolute Gasteiger partial charge is 0.324 e. The van der Waals surface area contributed by atoms with Gasteiger partial charge in [0.25, 0.3) is 0 Å². The number of likely N-dealkylation sites (tertiary alicyclic amines) is 1. The average molecular weight is 169 g/mol. The molecule has 2 aliphatic rings. The number of nitrogens with zero attached hydrogens (tertiary/aromatic N) is 1. The van der Waals surface area contributed by atoms with Gasteiger partial charge in [-0.2, -0.15) is 0 Å². The standard InChI is InChI=1S/C10H21N2/c1-8(2)12(3)6-9-4-11-5-10(9)7-12/h8-11H,4-7H2,1-3H3/q+1. The molecule has 12 heavy (non-hydrogen) atoms. The molecule has 2 fully saturated rings. The number of nitrogens with one attached hydrogen (secondary N) is 1. The predicted octanol–water partition coefficient (Wildman–Crippen LogP) is 0.691. The van der Waals surface area contributed by atoms with Crippen molar-refractivity contribution in [1.82, 2.24) is 5.32 Å². The second kappa shape index (κ2) is 2.71. The fourth-order valence-electron chi connectivity index (χ4n) is 2.78. The summed E-state index contributed by atoms with van der Waals surface area (Å²) in [6.45, 7) is 10.0. The first-order valence-electron chi connectivity index (χ1n) is 5.17. The van der Waals surface area contributed by atoms with Crippen molar-refractivity contribution in [2.75, 3.05) is 33.2 Å². The number of hydrogen-bond donors (Lipinski definition) is 1. The fourth-order valence-corrected chi connectivity index (χ4v) is 2.78. The van der Waals surface area contributed by atoms with Crippen LogP contribution in [0.25, 0.3) is 0 Å². The molecule has 0 spiro atoms. The molecule has 2 heterocycles. The van der Waals surface area contributed by atoms with Gasteiger partial charge in [0.15, 0.2) is 0 Å². The van der Waals surface area contributed by atoms with Crippen LogP contribution >= 0.6 is 0 Å². The summed E-state index contributed by atoms with van der Waals surface area (Å²) in [5, 5.41) is 3.49. The molecule has 0 aromatic rings. The van der Waals surface area contributed by atoms with Crippen molar-refractivity contribution in [1.29, 1.82) is 0 Å². The van der Waals surface area contributed by atoms with E-state index in [0.717, 1.165) is 17.9 Å². The molecule has 0 amide bonds. The predicted molar refractivity (Wildman–Crippen MR) is 50.9 cm³/mol. The van der Waals surface area contributed by atoms with E-state index in [1.54, 1.807) is 0 Å². The Kier molecular flexibility index (Phi) is 1.92. The minimum Gasteiger partial charge on any atom is -0.324 e. The van der Waals surface area contributed by atoms with Crippen LogP contribution in [0, 0.1) is 11.8 Å². The highest BCUT2D eigenvalue weighted by atomic mass is 15.4. The van der Waals surface area contributed by atoms with E-state index in [-0.39, 0.29) is 0 Å². The molecular weight excluding hydrogens is 148 g/mol. The van der Waals surface area contributed by atoms with Gasteiger partial charge >= 0.3 is 0 Å². The van der Waals surface area contributed by atoms with Crippen LogP contribution in [-0.4, -0.2) is 43.8 Å². The molecule has 0 bridgehead atoms. The Bertz CT molecular complexity index is 165. The Morgan fingerprint density at radius 2 is 1.67 bits per heavy atom. The maximum absolute atomic E-state index is 3.49. The van der Waals surface area contributed by atoms with Crippen molar-refractivity contribution in [3.63, 3.8) is 0 Å². The molecule has 70 valence electrons. The molecule has 2 unspecified atom stereocenters. The third-order valence-electron chi connectivity index (χ3n) is 4.03. The van der Waals surface area contributed by atoms with Crippen molar-refractivity contribution in [3.05, 3.63) is 0 Å². The third-order valence-corrected chi connectivity index (χ3v) is 4.03. The molecular formula is C10H21N2+. The minimum atomic E-state index is 0.801. The zero-order valence-electron chi connectivity index (χ0n) is 8.51. The Balaban J connectivity index is 2.06. The van der Waals surface area contributed by atoms with Crippen LogP contribution < -0.4 is 5.32 Å². The molecule has 2 aliphatic heterocycles. The summed E-state index contributed by atoms with van der Waals surface area (Å²) in [4.78, 5) is 0. The minimum absolute atomic E-state index is 0.801. The van der Waals surface area contributed by atoms with Crippen LogP contribution in [0.1, 0.15) is 13.8 Å². The van der Waals surface area contributed by atoms with Crippen LogP contribution in [0.4, 0.5) is 0 Å². The summed E-state index contributed by atoms with van der Waals surface area (Å²) in [7, 11) is 2.42. The maximum atomic E-state index is 3.49. The molecule has 0 aliphatic carbocycles. The van der Waals surface area contributed by atoms with Gasteiger partial charge in [-0.05, 0) is 13.8 Å². The summed E-state index contributed by atoms with van der Waals surface area (Å²) in [6.07, 6.45) is 0. The normalized spacial score (nSPS) is 47.0. The van der Waals surface area contributed by atoms with Gasteiger partial charge < -0.3 is 9.80 Å². The molecule has 2 nitrogen and oxygen atoms in total. The van der Waals surface area contributed by atoms with Gasteiger partial charge in [0.05, 0.1) is 26.2 Å². The molecule has 1 N–H and O–H groups in total. The van der Waals surface area contributed by atoms with Gasteiger partial charge in [0.2, 0.25) is 0 Å². The second-order valence-electron chi connectivity index (χ2n) is 5.12. The zero-order valence-corrected chi connectivity index (χ0v) is 8.51. The molecule has 0 saturated carbocycles. The first-order valence-corrected chi connectivity index (χ1v) is 5.17. The number of hydrogen-bond acceptors (Lipinski definition) is 1. The third kappa shape index (κ3) is 1.17. The first kappa shape index (κ1) is 8.52. The van der Waals surface area contributed by atoms with Crippen molar-refractivity contribution in [2.45, 2.75) is 19.9 Å². The first-order chi connectivity index (χ1) is 5.62. The van der Waals surface area contributed by atoms with E-state index in [0.29, 0.717) is 0 Å². The van der Waals surface area contributed by atoms with Gasteiger partial charge in [0, 0.05) is 24.9 Å². The Hall–Kier alpha value is -0.0800. The quantitative estimate of drug-likeness (QED) is 0.570. The summed E-state index contributed by atoms with van der Waals surface area (Å²) in [6, 6.07) is 0.801. The maximum Gasteiger partial charge on any atom is 0.0832 e. The molecule has 2 atom stereocenters. The van der Waals surface area contributed by atoms with E-state index in [2.05, 4.69) is 26.2 Å². The van der Waals surface area contributed by atoms with Crippen LogP contribution in [0.15, 0.2) is 0 Å². The highest BCUT2D eigenvalue weighted by molar-refractivity contribution is 4.85. The zero-order chi connectivity index (χ0) is 8.77. The van der Waals surface area contributed by atoms with E-state index >= 15 is 0 Å². The molecule has 2 heteroatoms. The van der Waals surface area contributed by atoms with Gasteiger partial charge in [0.1, 0.15) is 0 Å². The monoisotopic (exact) mass is 169 g/mol. The van der Waals surface area contributed by atoms with Crippen LogP contribution in [0.3, 0.4) is 0 Å². The van der Waals surface area contributed by atoms with Gasteiger partial charge in [-0.15, -0.1) is 0 Å². The lowest BCUT2D eigenvalue weighted by Crippen LogP contribution is -2.49. The Morgan fingerprint density at radius 1 is 1.17 bits per heavy atom. The fraction of sp³-hybridized carbons (Fsp3) is 1.00. The van der Waals surface area contributed by atoms with Gasteiger partial charge in [-0.3, -0.25) is 0 Å². The molecule has 2 rings (SSSR count). The van der Waals surface area contributed by atoms with Gasteiger partial charge in [-0.1, -0.05) is 0 Å². The lowest BCUT2D eigenvalue weighted by Gasteiger charge is -2.35. The summed E-state index contributed by atoms with van der Waals surface area (Å²) in [5.74, 6) is 1.94. The van der Waals surface area contributed by atoms with E-state index in [9.17, 15) is 0 Å². The van der Waals surface area contributed by atoms with Crippen molar-refractivity contribution >= 4 is 0 Å². The highest BCUT2D eigenvalue weighted by Crippen LogP contribution is 2.32. The summed E-state index contributed by atoms with van der Waals surface area (Å²) in [5.41, 5.74) is 0. The van der Waals surface area contributed by atoms with Crippen molar-refractivity contribution in [2.24, 2.45) is 11.8 Å². The number of quaternary nitrogens is 1. The van der Waals surface area contributed by atoms with Crippen molar-refractivity contribution in [3.8, 4) is 0 Å². The lowest BCUT2D eigenvalue weighted by molar-refractivity contribution is -0.921. The molecule has 0 radical (unpaired) electrons. The van der Waals surface area contributed by atoms with Crippen LogP contribution in [0.2, 0.25) is 0 Å². The van der Waals surface area contributed by atoms with E-state index < -0.39 is 0 Å². The average Bonchev–Trinajstić information content (AvgIpc) is 2.44. The second-order valence-corrected chi connectivity index (χ2v) is 5.12. The molecule has 0 aromatic heterocycles. The van der Waals surface area contributed by atoms with Gasteiger partial charge in [-0.25, -0.2) is 0 Å². The summed E-state index contributed by atoms with van der Waals surface area (Å²) >= 11 is 0. The van der Waals surface area contributed by atoms with Crippen LogP contribution in [0.5, 0.6) is 0 Å². The Morgan fingerprint density at radius 3 is 2.08 bits per heavy atom. The van der Waals surface area contributed by atoms with E-state index in [1.807, 2.05) is 0 Å². The molecule has 0 aromatic carbocycles. The molecule has 2 saturated heterocycles. The smallest absolute Gasteiger partial charge is 0.0832 e. The van der Waals surface area contributed by atoms with Crippen molar-refractivity contribution < 1.29 is 4.48 Å². The number of fused-ring (bicyclic) bond motifs is 1. The van der Waals surface area contributed by atoms with E-state index in [1.165, 1.54) is 30.7 Å².